The van der Waals surface area contributed by atoms with Gasteiger partial charge in [0.05, 0.1) is 25.8 Å². The van der Waals surface area contributed by atoms with Gasteiger partial charge in [0.1, 0.15) is 0 Å². The SMILES string of the molecule is CCNC(=NCC(c1ccc(C)cc1)N1CCOCC1)N1CCCC(CC(N)=O)C1.I. The number of nitrogens with one attached hydrogen (secondary N) is 1. The third kappa shape index (κ3) is 7.91. The van der Waals surface area contributed by atoms with Crippen LogP contribution < -0.4 is 11.1 Å². The highest BCUT2D eigenvalue weighted by Gasteiger charge is 2.26. The summed E-state index contributed by atoms with van der Waals surface area (Å²) >= 11 is 0. The maximum Gasteiger partial charge on any atom is 0.217 e. The van der Waals surface area contributed by atoms with Gasteiger partial charge in [-0.15, -0.1) is 24.0 Å². The monoisotopic (exact) mass is 543 g/mol. The molecule has 2 unspecified atom stereocenters. The van der Waals surface area contributed by atoms with Gasteiger partial charge in [0.15, 0.2) is 5.96 Å². The number of ether oxygens (including phenoxy) is 1. The molecule has 0 aromatic heterocycles. The third-order valence-electron chi connectivity index (χ3n) is 6.01. The fraction of sp³-hybridized carbons (Fsp3) is 0.652. The van der Waals surface area contributed by atoms with Crippen molar-refractivity contribution < 1.29 is 9.53 Å². The fourth-order valence-electron chi connectivity index (χ4n) is 4.42. The largest absolute Gasteiger partial charge is 0.379 e. The number of aliphatic imine (C=N–C) groups is 1. The number of carbonyl (C=O) groups excluding carboxylic acids is 1. The molecule has 1 amide bonds. The van der Waals surface area contributed by atoms with E-state index in [1.54, 1.807) is 0 Å². The molecule has 0 aliphatic carbocycles. The van der Waals surface area contributed by atoms with Gasteiger partial charge >= 0.3 is 0 Å². The van der Waals surface area contributed by atoms with Crippen molar-refractivity contribution in [3.63, 3.8) is 0 Å². The molecule has 2 fully saturated rings. The van der Waals surface area contributed by atoms with E-state index in [4.69, 9.17) is 15.5 Å². The summed E-state index contributed by atoms with van der Waals surface area (Å²) in [5.41, 5.74) is 8.01. The number of likely N-dealkylation sites (tertiary alicyclic amines) is 1. The quantitative estimate of drug-likeness (QED) is 0.314. The summed E-state index contributed by atoms with van der Waals surface area (Å²) < 4.78 is 5.57. The molecule has 2 saturated heterocycles. The number of hydrogen-bond acceptors (Lipinski definition) is 4. The maximum atomic E-state index is 11.4. The van der Waals surface area contributed by atoms with Gasteiger partial charge < -0.3 is 20.7 Å². The van der Waals surface area contributed by atoms with Crippen LogP contribution >= 0.6 is 24.0 Å². The van der Waals surface area contributed by atoms with E-state index in [1.165, 1.54) is 11.1 Å². The minimum Gasteiger partial charge on any atom is -0.379 e. The molecular formula is C23H38IN5O2. The molecule has 7 nitrogen and oxygen atoms in total. The second kappa shape index (κ2) is 13.2. The van der Waals surface area contributed by atoms with Crippen molar-refractivity contribution in [3.8, 4) is 0 Å². The standard InChI is InChI=1S/C23H37N5O2.HI/c1-3-25-23(28-10-4-5-19(17-28)15-22(24)29)26-16-21(27-11-13-30-14-12-27)20-8-6-18(2)7-9-20;/h6-9,19,21H,3-5,10-17H2,1-2H3,(H2,24,29)(H,25,26);1H. The number of nitrogens with zero attached hydrogens (tertiary/aromatic N) is 3. The zero-order chi connectivity index (χ0) is 21.3. The van der Waals surface area contributed by atoms with Gasteiger partial charge in [-0.05, 0) is 38.2 Å². The Morgan fingerprint density at radius 1 is 1.26 bits per heavy atom. The van der Waals surface area contributed by atoms with Crippen molar-refractivity contribution in [2.75, 3.05) is 52.5 Å². The van der Waals surface area contributed by atoms with Crippen LogP contribution in [0.1, 0.15) is 43.4 Å². The predicted octanol–water partition coefficient (Wildman–Crippen LogP) is 2.54. The van der Waals surface area contributed by atoms with Crippen molar-refractivity contribution in [2.24, 2.45) is 16.6 Å². The van der Waals surface area contributed by atoms with Gasteiger partial charge in [0.2, 0.25) is 5.91 Å². The van der Waals surface area contributed by atoms with Crippen LogP contribution in [0.25, 0.3) is 0 Å². The molecule has 3 N–H and O–H groups in total. The smallest absolute Gasteiger partial charge is 0.217 e. The molecular weight excluding hydrogens is 505 g/mol. The van der Waals surface area contributed by atoms with Crippen LogP contribution in [0, 0.1) is 12.8 Å². The van der Waals surface area contributed by atoms with Crippen LogP contribution in [0.15, 0.2) is 29.3 Å². The first-order valence-corrected chi connectivity index (χ1v) is 11.3. The van der Waals surface area contributed by atoms with Crippen LogP contribution in [-0.4, -0.2) is 74.1 Å². The lowest BCUT2D eigenvalue weighted by molar-refractivity contribution is -0.119. The number of morpholine rings is 1. The Kier molecular flexibility index (Phi) is 11.0. The number of aryl methyl sites for hydroxylation is 1. The molecule has 8 heteroatoms. The highest BCUT2D eigenvalue weighted by atomic mass is 127. The first kappa shape index (κ1) is 25.9. The van der Waals surface area contributed by atoms with Crippen LogP contribution in [0.4, 0.5) is 0 Å². The zero-order valence-electron chi connectivity index (χ0n) is 18.9. The number of amides is 1. The topological polar surface area (TPSA) is 83.2 Å². The molecule has 0 bridgehead atoms. The molecule has 2 aliphatic heterocycles. The Bertz CT molecular complexity index is 706. The number of carbonyl (C=O) groups is 1. The highest BCUT2D eigenvalue weighted by molar-refractivity contribution is 14.0. The highest BCUT2D eigenvalue weighted by Crippen LogP contribution is 2.24. The number of rotatable bonds is 7. The van der Waals surface area contributed by atoms with Crippen molar-refractivity contribution in [2.45, 2.75) is 39.2 Å². The van der Waals surface area contributed by atoms with E-state index >= 15 is 0 Å². The Balaban J connectivity index is 0.00000341. The van der Waals surface area contributed by atoms with Crippen LogP contribution in [0.3, 0.4) is 0 Å². The summed E-state index contributed by atoms with van der Waals surface area (Å²) in [6.07, 6.45) is 2.57. The summed E-state index contributed by atoms with van der Waals surface area (Å²) in [6.45, 7) is 10.9. The molecule has 2 aliphatic rings. The van der Waals surface area contributed by atoms with E-state index in [0.717, 1.165) is 64.7 Å². The lowest BCUT2D eigenvalue weighted by Crippen LogP contribution is -2.47. The molecule has 0 radical (unpaired) electrons. The summed E-state index contributed by atoms with van der Waals surface area (Å²) in [6, 6.07) is 9.03. The second-order valence-electron chi connectivity index (χ2n) is 8.39. The second-order valence-corrected chi connectivity index (χ2v) is 8.39. The number of piperidine rings is 1. The summed E-state index contributed by atoms with van der Waals surface area (Å²) in [5, 5.41) is 3.46. The number of nitrogens with two attached hydrogens (primary N) is 1. The van der Waals surface area contributed by atoms with Crippen molar-refractivity contribution in [1.29, 1.82) is 0 Å². The molecule has 174 valence electrons. The molecule has 1 aromatic rings. The number of halogens is 1. The first-order chi connectivity index (χ1) is 14.6. The van der Waals surface area contributed by atoms with Crippen molar-refractivity contribution >= 4 is 35.8 Å². The minimum absolute atomic E-state index is 0. The van der Waals surface area contributed by atoms with E-state index in [0.29, 0.717) is 18.9 Å². The Hall–Kier alpha value is -1.39. The predicted molar refractivity (Wildman–Crippen MR) is 136 cm³/mol. The molecule has 1 aromatic carbocycles. The number of primary amides is 1. The molecule has 2 atom stereocenters. The molecule has 2 heterocycles. The van der Waals surface area contributed by atoms with Crippen molar-refractivity contribution in [3.05, 3.63) is 35.4 Å². The number of benzene rings is 1. The lowest BCUT2D eigenvalue weighted by atomic mass is 9.95. The summed E-state index contributed by atoms with van der Waals surface area (Å²) in [7, 11) is 0. The van der Waals surface area contributed by atoms with Gasteiger partial charge in [-0.2, -0.15) is 0 Å². The number of hydrogen-bond donors (Lipinski definition) is 2. The fourth-order valence-corrected chi connectivity index (χ4v) is 4.42. The molecule has 31 heavy (non-hydrogen) atoms. The average molecular weight is 543 g/mol. The molecule has 0 spiro atoms. The van der Waals surface area contributed by atoms with Gasteiger partial charge in [-0.25, -0.2) is 0 Å². The van der Waals surface area contributed by atoms with Crippen LogP contribution in [0.2, 0.25) is 0 Å². The van der Waals surface area contributed by atoms with E-state index in [2.05, 4.69) is 53.2 Å². The van der Waals surface area contributed by atoms with Crippen LogP contribution in [0.5, 0.6) is 0 Å². The van der Waals surface area contributed by atoms with Gasteiger partial charge in [-0.1, -0.05) is 29.8 Å². The first-order valence-electron chi connectivity index (χ1n) is 11.3. The van der Waals surface area contributed by atoms with E-state index < -0.39 is 0 Å². The Morgan fingerprint density at radius 3 is 2.61 bits per heavy atom. The number of guanidine groups is 1. The minimum atomic E-state index is -0.212. The zero-order valence-corrected chi connectivity index (χ0v) is 21.2. The van der Waals surface area contributed by atoms with Gasteiger partial charge in [0, 0.05) is 39.1 Å². The Labute approximate surface area is 203 Å². The normalized spacial score (nSPS) is 21.3. The van der Waals surface area contributed by atoms with Gasteiger partial charge in [-0.3, -0.25) is 14.7 Å². The lowest BCUT2D eigenvalue weighted by Gasteiger charge is -2.36. The maximum absolute atomic E-state index is 11.4. The van der Waals surface area contributed by atoms with Crippen molar-refractivity contribution in [1.82, 2.24) is 15.1 Å². The van der Waals surface area contributed by atoms with E-state index in [-0.39, 0.29) is 35.9 Å². The molecule has 3 rings (SSSR count). The summed E-state index contributed by atoms with van der Waals surface area (Å²) in [4.78, 5) is 21.2. The van der Waals surface area contributed by atoms with E-state index in [1.807, 2.05) is 0 Å². The molecule has 0 saturated carbocycles. The average Bonchev–Trinajstić information content (AvgIpc) is 2.75. The summed E-state index contributed by atoms with van der Waals surface area (Å²) in [5.74, 6) is 1.04. The van der Waals surface area contributed by atoms with E-state index in [9.17, 15) is 4.79 Å². The van der Waals surface area contributed by atoms with Crippen LogP contribution in [-0.2, 0) is 9.53 Å². The third-order valence-corrected chi connectivity index (χ3v) is 6.01. The Morgan fingerprint density at radius 2 is 1.97 bits per heavy atom. The van der Waals surface area contributed by atoms with Gasteiger partial charge in [0.25, 0.3) is 0 Å².